The van der Waals surface area contributed by atoms with Gasteiger partial charge in [-0.3, -0.25) is 14.4 Å². The van der Waals surface area contributed by atoms with Crippen molar-refractivity contribution in [3.63, 3.8) is 0 Å². The molecule has 3 aromatic heterocycles. The predicted octanol–water partition coefficient (Wildman–Crippen LogP) is 9.16. The van der Waals surface area contributed by atoms with Gasteiger partial charge < -0.3 is 10.1 Å². The first-order valence-electron chi connectivity index (χ1n) is 18.5. The molecule has 0 atom stereocenters. The number of hydrogen-bond donors (Lipinski definition) is 1. The summed E-state index contributed by atoms with van der Waals surface area (Å²) < 4.78 is 22.5. The summed E-state index contributed by atoms with van der Waals surface area (Å²) in [4.78, 5) is 37.2. The summed E-state index contributed by atoms with van der Waals surface area (Å²) in [6.07, 6.45) is 9.05. The lowest BCUT2D eigenvalue weighted by molar-refractivity contribution is -0.115. The Morgan fingerprint density at radius 3 is 2.69 bits per heavy atom. The number of anilines is 1. The van der Waals surface area contributed by atoms with Crippen LogP contribution in [0.3, 0.4) is 0 Å². The fourth-order valence-electron chi connectivity index (χ4n) is 6.92. The smallest absolute Gasteiger partial charge is 0.338 e. The zero-order chi connectivity index (χ0) is 37.9. The van der Waals surface area contributed by atoms with Gasteiger partial charge in [-0.15, -0.1) is 32.9 Å². The molecule has 9 nitrogen and oxygen atoms in total. The Balaban J connectivity index is 0.972. The van der Waals surface area contributed by atoms with E-state index >= 15 is 4.39 Å². The number of benzene rings is 3. The third kappa shape index (κ3) is 7.97. The molecule has 1 aliphatic carbocycles. The van der Waals surface area contributed by atoms with Crippen molar-refractivity contribution < 1.29 is 18.7 Å². The molecule has 55 heavy (non-hydrogen) atoms. The summed E-state index contributed by atoms with van der Waals surface area (Å²) in [5, 5.41) is 15.6. The normalized spacial score (nSPS) is 13.8. The van der Waals surface area contributed by atoms with Crippen molar-refractivity contribution in [1.29, 1.82) is 0 Å². The van der Waals surface area contributed by atoms with Crippen LogP contribution in [0.25, 0.3) is 17.2 Å². The van der Waals surface area contributed by atoms with Gasteiger partial charge in [0.25, 0.3) is 0 Å². The molecule has 1 saturated carbocycles. The third-order valence-electron chi connectivity index (χ3n) is 9.95. The minimum Gasteiger partial charge on any atom is -0.462 e. The lowest BCUT2D eigenvalue weighted by atomic mass is 9.83. The lowest BCUT2D eigenvalue weighted by Gasteiger charge is -2.22. The van der Waals surface area contributed by atoms with Crippen molar-refractivity contribution in [2.45, 2.75) is 64.8 Å². The highest BCUT2D eigenvalue weighted by Gasteiger charge is 2.26. The van der Waals surface area contributed by atoms with Gasteiger partial charge in [0.1, 0.15) is 28.2 Å². The van der Waals surface area contributed by atoms with Gasteiger partial charge in [-0.2, -0.15) is 0 Å². The number of rotatable bonds is 12. The molecule has 1 aliphatic heterocycles. The van der Waals surface area contributed by atoms with Crippen molar-refractivity contribution in [3.05, 3.63) is 145 Å². The molecule has 1 fully saturated rings. The van der Waals surface area contributed by atoms with Crippen LogP contribution in [0.15, 0.2) is 83.2 Å². The number of ether oxygens (including phenoxy) is 1. The molecule has 0 spiro atoms. The molecular formula is C43H39FN6O3S2. The molecule has 1 amide bonds. The molecule has 0 radical (unpaired) electrons. The minimum atomic E-state index is -0.467. The highest BCUT2D eigenvalue weighted by molar-refractivity contribution is 7.15. The molecule has 0 bridgehead atoms. The molecule has 3 aromatic carbocycles. The maximum Gasteiger partial charge on any atom is 0.338 e. The van der Waals surface area contributed by atoms with E-state index in [9.17, 15) is 9.59 Å². The molecular weight excluding hydrogens is 732 g/mol. The summed E-state index contributed by atoms with van der Waals surface area (Å²) >= 11 is 3.25. The van der Waals surface area contributed by atoms with Crippen molar-refractivity contribution >= 4 is 58.1 Å². The van der Waals surface area contributed by atoms with Gasteiger partial charge in [-0.25, -0.2) is 14.2 Å². The summed E-state index contributed by atoms with van der Waals surface area (Å²) in [5.41, 5.74) is 6.56. The van der Waals surface area contributed by atoms with E-state index in [1.165, 1.54) is 31.0 Å². The SMILES string of the molecule is CCOC(=O)c1cc(CCc2cc3c(s2)-n2c(C)nnc2CN=C3c2ccccc2F)ccc1CC(=O)Nc1cccc(/C=C/c2nc(C3CCC3)cs2)c1. The minimum absolute atomic E-state index is 0.00792. The van der Waals surface area contributed by atoms with Gasteiger partial charge in [0.05, 0.1) is 30.0 Å². The maximum absolute atomic E-state index is 15.0. The fraction of sp³-hybridized carbons (Fsp3) is 0.256. The van der Waals surface area contributed by atoms with Gasteiger partial charge >= 0.3 is 5.97 Å². The summed E-state index contributed by atoms with van der Waals surface area (Å²) in [7, 11) is 0. The molecule has 0 unspecified atom stereocenters. The van der Waals surface area contributed by atoms with Gasteiger partial charge in [0.15, 0.2) is 5.82 Å². The first-order valence-corrected chi connectivity index (χ1v) is 20.2. The van der Waals surface area contributed by atoms with E-state index in [-0.39, 0.29) is 24.8 Å². The number of aliphatic imine (C=N–C) groups is 1. The largest absolute Gasteiger partial charge is 0.462 e. The second-order valence-electron chi connectivity index (χ2n) is 13.7. The van der Waals surface area contributed by atoms with E-state index in [0.717, 1.165) is 37.4 Å². The van der Waals surface area contributed by atoms with E-state index in [1.54, 1.807) is 41.7 Å². The molecule has 1 N–H and O–H groups in total. The number of esters is 1. The molecule has 6 aromatic rings. The van der Waals surface area contributed by atoms with Crippen LogP contribution >= 0.6 is 22.7 Å². The van der Waals surface area contributed by atoms with Crippen molar-refractivity contribution in [2.24, 2.45) is 4.99 Å². The zero-order valence-electron chi connectivity index (χ0n) is 30.5. The summed E-state index contributed by atoms with van der Waals surface area (Å²) in [5.74, 6) is 1.01. The van der Waals surface area contributed by atoms with Crippen LogP contribution in [0.4, 0.5) is 10.1 Å². The Bertz CT molecular complexity index is 2460. The van der Waals surface area contributed by atoms with Crippen LogP contribution in [-0.2, 0) is 35.3 Å². The molecule has 4 heterocycles. The predicted molar refractivity (Wildman–Crippen MR) is 216 cm³/mol. The molecule has 0 saturated heterocycles. The maximum atomic E-state index is 15.0. The van der Waals surface area contributed by atoms with E-state index < -0.39 is 5.97 Å². The van der Waals surface area contributed by atoms with Gasteiger partial charge in [-0.1, -0.05) is 48.9 Å². The van der Waals surface area contributed by atoms with Crippen LogP contribution in [0, 0.1) is 12.7 Å². The lowest BCUT2D eigenvalue weighted by Crippen LogP contribution is -2.17. The van der Waals surface area contributed by atoms with E-state index in [2.05, 4.69) is 27.0 Å². The molecule has 2 aliphatic rings. The Kier molecular flexibility index (Phi) is 10.6. The number of aromatic nitrogens is 4. The number of fused-ring (bicyclic) bond motifs is 3. The number of thiazole rings is 1. The Morgan fingerprint density at radius 2 is 1.87 bits per heavy atom. The number of nitrogens with one attached hydrogen (secondary N) is 1. The number of amides is 1. The van der Waals surface area contributed by atoms with Crippen LogP contribution < -0.4 is 5.32 Å². The number of hydrogen-bond acceptors (Lipinski definition) is 9. The van der Waals surface area contributed by atoms with Gasteiger partial charge in [0, 0.05) is 33.0 Å². The van der Waals surface area contributed by atoms with Gasteiger partial charge in [0.2, 0.25) is 5.91 Å². The van der Waals surface area contributed by atoms with Gasteiger partial charge in [-0.05, 0) is 98.7 Å². The summed E-state index contributed by atoms with van der Waals surface area (Å²) in [6, 6.07) is 22.0. The second kappa shape index (κ2) is 16.0. The first kappa shape index (κ1) is 36.4. The number of nitrogens with zero attached hydrogens (tertiary/aromatic N) is 5. The molecule has 12 heteroatoms. The average Bonchev–Trinajstić information content (AvgIpc) is 3.87. The standard InChI is InChI=1S/C43H39FN6O3S2/c1-3-53-43(52)34-21-28(15-18-32-23-35-41(33-12-4-5-13-36(33)44)45-24-38-49-48-26(2)50(38)42(35)55-32)14-17-30(34)22-39(51)46-31-11-6-8-27(20-31)16-19-40-47-37(25-54-40)29-9-7-10-29/h4-6,8,11-14,16-17,19-21,23,25,29H,3,7,9-10,15,18,22,24H2,1-2H3,(H,46,51)/b19-16+. The zero-order valence-corrected chi connectivity index (χ0v) is 32.2. The quantitative estimate of drug-likeness (QED) is 0.124. The monoisotopic (exact) mass is 770 g/mol. The van der Waals surface area contributed by atoms with E-state index in [4.69, 9.17) is 14.7 Å². The number of aryl methyl sites for hydroxylation is 3. The Hall–Kier alpha value is -5.59. The average molecular weight is 771 g/mol. The highest BCUT2D eigenvalue weighted by atomic mass is 32.1. The number of thiophene rings is 1. The van der Waals surface area contributed by atoms with Crippen molar-refractivity contribution in [1.82, 2.24) is 19.7 Å². The topological polar surface area (TPSA) is 111 Å². The van der Waals surface area contributed by atoms with Crippen LogP contribution in [-0.4, -0.2) is 43.9 Å². The molecule has 8 rings (SSSR count). The third-order valence-corrected chi connectivity index (χ3v) is 12.0. The van der Waals surface area contributed by atoms with Crippen LogP contribution in [0.5, 0.6) is 0 Å². The first-order chi connectivity index (χ1) is 26.8. The summed E-state index contributed by atoms with van der Waals surface area (Å²) in [6.45, 7) is 4.17. The van der Waals surface area contributed by atoms with Crippen molar-refractivity contribution in [3.8, 4) is 5.00 Å². The van der Waals surface area contributed by atoms with Crippen LogP contribution in [0.1, 0.15) is 97.5 Å². The Labute approximate surface area is 326 Å². The number of carbonyl (C=O) groups is 2. The Morgan fingerprint density at radius 1 is 1.00 bits per heavy atom. The molecule has 278 valence electrons. The number of carbonyl (C=O) groups excluding carboxylic acids is 2. The van der Waals surface area contributed by atoms with Crippen molar-refractivity contribution in [2.75, 3.05) is 11.9 Å². The number of halogens is 1. The highest BCUT2D eigenvalue weighted by Crippen LogP contribution is 2.37. The second-order valence-corrected chi connectivity index (χ2v) is 15.7. The van der Waals surface area contributed by atoms with E-state index in [0.29, 0.717) is 59.2 Å². The van der Waals surface area contributed by atoms with E-state index in [1.807, 2.05) is 72.2 Å². The van der Waals surface area contributed by atoms with Crippen LogP contribution in [0.2, 0.25) is 0 Å². The fourth-order valence-corrected chi connectivity index (χ4v) is 8.93.